The fourth-order valence-electron chi connectivity index (χ4n) is 6.90. The molecular formula is C40H55ClN6O5S2Zn. The zero-order valence-corrected chi connectivity index (χ0v) is 38.4. The molecule has 0 aliphatic carbocycles. The Balaban J connectivity index is 0.000000221. The molecule has 0 spiro atoms. The number of nitrogens with zero attached hydrogens (tertiary/aromatic N) is 5. The van der Waals surface area contributed by atoms with Gasteiger partial charge in [-0.3, -0.25) is 0 Å². The molecule has 0 amide bonds. The molecule has 296 valence electrons. The van der Waals surface area contributed by atoms with Crippen LogP contribution in [0.3, 0.4) is 0 Å². The average molecular weight is 865 g/mol. The normalized spacial score (nSPS) is 16.0. The number of hydrogen-bond donors (Lipinski definition) is 1. The number of aryl methyl sites for hydroxylation is 6. The zero-order valence-electron chi connectivity index (χ0n) is 33.1. The number of ether oxygens (including phenoxy) is 1. The van der Waals surface area contributed by atoms with Crippen LogP contribution in [0, 0.1) is 41.5 Å². The predicted molar refractivity (Wildman–Crippen MR) is 219 cm³/mol. The summed E-state index contributed by atoms with van der Waals surface area (Å²) in [6.07, 6.45) is 6.16. The third-order valence-corrected chi connectivity index (χ3v) is 13.0. The van der Waals surface area contributed by atoms with E-state index < -0.39 is 19.1 Å². The van der Waals surface area contributed by atoms with E-state index in [4.69, 9.17) is 15.4 Å². The first-order valence-corrected chi connectivity index (χ1v) is 22.1. The second kappa shape index (κ2) is 22.1. The molecule has 15 heteroatoms. The molecule has 3 fully saturated rings. The van der Waals surface area contributed by atoms with Gasteiger partial charge in [-0.05, 0) is 101 Å². The van der Waals surface area contributed by atoms with E-state index >= 15 is 0 Å². The van der Waals surface area contributed by atoms with Crippen molar-refractivity contribution in [3.8, 4) is 0 Å². The SMILES string of the molecule is C1CCOC1.Cc1cc(C)c(S(=O)(=O)Cl)c(C)c1.Cc1cc(C)c(S(=O)(=O)N2CCN(c3ccccn3)CC2)c(C)c1.[Zn].c1ccc(N2CCNCC2)nc1. The first-order valence-electron chi connectivity index (χ1n) is 18.4. The summed E-state index contributed by atoms with van der Waals surface area (Å²) in [6, 6.07) is 19.3. The van der Waals surface area contributed by atoms with Crippen LogP contribution in [-0.2, 0) is 43.3 Å². The number of hydrogen-bond acceptors (Lipinski definition) is 10. The van der Waals surface area contributed by atoms with Gasteiger partial charge in [-0.1, -0.05) is 47.5 Å². The van der Waals surface area contributed by atoms with Crippen molar-refractivity contribution >= 4 is 41.4 Å². The minimum atomic E-state index is -3.61. The van der Waals surface area contributed by atoms with Crippen molar-refractivity contribution in [1.82, 2.24) is 19.6 Å². The summed E-state index contributed by atoms with van der Waals surface area (Å²) in [5.41, 5.74) is 5.17. The molecule has 0 unspecified atom stereocenters. The van der Waals surface area contributed by atoms with Crippen LogP contribution in [0.4, 0.5) is 11.6 Å². The summed E-state index contributed by atoms with van der Waals surface area (Å²) < 4.78 is 55.0. The van der Waals surface area contributed by atoms with Crippen LogP contribution in [0.15, 0.2) is 82.8 Å². The number of aromatic nitrogens is 2. The Bertz CT molecular complexity index is 1950. The van der Waals surface area contributed by atoms with Gasteiger partial charge in [0.15, 0.2) is 0 Å². The van der Waals surface area contributed by atoms with E-state index in [0.717, 1.165) is 73.3 Å². The van der Waals surface area contributed by atoms with Crippen molar-refractivity contribution in [3.05, 3.63) is 106 Å². The molecule has 55 heavy (non-hydrogen) atoms. The van der Waals surface area contributed by atoms with E-state index in [-0.39, 0.29) is 24.4 Å². The van der Waals surface area contributed by atoms with Crippen LogP contribution in [-0.4, -0.2) is 96.7 Å². The Labute approximate surface area is 346 Å². The Morgan fingerprint density at radius 2 is 1.04 bits per heavy atom. The number of halogens is 1. The van der Waals surface area contributed by atoms with Crippen molar-refractivity contribution < 1.29 is 41.1 Å². The molecule has 7 rings (SSSR count). The van der Waals surface area contributed by atoms with Gasteiger partial charge < -0.3 is 19.9 Å². The Morgan fingerprint density at radius 3 is 1.40 bits per heavy atom. The predicted octanol–water partition coefficient (Wildman–Crippen LogP) is 6.34. The first-order chi connectivity index (χ1) is 25.7. The maximum atomic E-state index is 13.1. The second-order valence-electron chi connectivity index (χ2n) is 13.7. The van der Waals surface area contributed by atoms with Crippen LogP contribution in [0.25, 0.3) is 0 Å². The topological polar surface area (TPSA) is 125 Å². The minimum Gasteiger partial charge on any atom is -0.381 e. The molecule has 3 aliphatic heterocycles. The fraction of sp³-hybridized carbons (Fsp3) is 0.450. The maximum Gasteiger partial charge on any atom is 0.261 e. The van der Waals surface area contributed by atoms with Crippen molar-refractivity contribution in [2.45, 2.75) is 64.2 Å². The summed E-state index contributed by atoms with van der Waals surface area (Å²) in [4.78, 5) is 13.8. The molecule has 1 N–H and O–H groups in total. The van der Waals surface area contributed by atoms with E-state index in [2.05, 4.69) is 31.2 Å². The molecule has 3 aliphatic rings. The molecule has 2 aromatic carbocycles. The summed E-state index contributed by atoms with van der Waals surface area (Å²) in [6.45, 7) is 19.7. The molecule has 2 aromatic heterocycles. The average Bonchev–Trinajstić information content (AvgIpc) is 3.73. The van der Waals surface area contributed by atoms with Crippen LogP contribution < -0.4 is 15.1 Å². The van der Waals surface area contributed by atoms with Gasteiger partial charge >= 0.3 is 0 Å². The molecule has 5 heterocycles. The molecular weight excluding hydrogens is 809 g/mol. The Kier molecular flexibility index (Phi) is 18.6. The second-order valence-corrected chi connectivity index (χ2v) is 18.1. The first kappa shape index (κ1) is 46.4. The van der Waals surface area contributed by atoms with Gasteiger partial charge in [-0.15, -0.1) is 0 Å². The van der Waals surface area contributed by atoms with Crippen molar-refractivity contribution in [3.63, 3.8) is 0 Å². The molecule has 0 atom stereocenters. The van der Waals surface area contributed by atoms with Crippen molar-refractivity contribution in [2.75, 3.05) is 75.4 Å². The van der Waals surface area contributed by atoms with Crippen molar-refractivity contribution in [2.24, 2.45) is 0 Å². The zero-order chi connectivity index (χ0) is 39.3. The van der Waals surface area contributed by atoms with Gasteiger partial charge in [0, 0.05) is 108 Å². The van der Waals surface area contributed by atoms with E-state index in [1.54, 1.807) is 24.3 Å². The standard InChI is InChI=1S/C18H23N3O2S.C9H11ClO2S.C9H13N3.C4H8O.Zn/c1-14-12-15(2)18(16(3)13-14)24(22,23)21-10-8-20(9-11-21)17-6-4-5-7-19-17;1-6-4-7(2)9(8(3)5-6)13(10,11)12;1-2-4-11-9(3-1)12-7-5-10-6-8-12;1-2-4-5-3-1;/h4-7,12-13H,8-11H2,1-3H3;4-5H,1-3H3;1-4,10H,5-8H2;1-4H2;. The summed E-state index contributed by atoms with van der Waals surface area (Å²) in [7, 11) is -1.77. The molecule has 0 radical (unpaired) electrons. The van der Waals surface area contributed by atoms with Crippen LogP contribution in [0.5, 0.6) is 0 Å². The van der Waals surface area contributed by atoms with Gasteiger partial charge in [-0.25, -0.2) is 26.8 Å². The number of nitrogens with one attached hydrogen (secondary N) is 1. The number of rotatable bonds is 5. The van der Waals surface area contributed by atoms with E-state index in [9.17, 15) is 16.8 Å². The van der Waals surface area contributed by atoms with E-state index in [1.807, 2.05) is 88.5 Å². The minimum absolute atomic E-state index is 0. The van der Waals surface area contributed by atoms with Crippen LogP contribution in [0.2, 0.25) is 0 Å². The smallest absolute Gasteiger partial charge is 0.261 e. The van der Waals surface area contributed by atoms with E-state index in [0.29, 0.717) is 42.2 Å². The van der Waals surface area contributed by atoms with Gasteiger partial charge in [0.25, 0.3) is 9.05 Å². The largest absolute Gasteiger partial charge is 0.381 e. The number of benzene rings is 2. The maximum absolute atomic E-state index is 13.1. The summed E-state index contributed by atoms with van der Waals surface area (Å²) >= 11 is 0. The van der Waals surface area contributed by atoms with Crippen LogP contribution in [0.1, 0.15) is 46.2 Å². The third kappa shape index (κ3) is 13.9. The molecule has 4 aromatic rings. The Morgan fingerprint density at radius 1 is 0.618 bits per heavy atom. The number of sulfonamides is 1. The third-order valence-electron chi connectivity index (χ3n) is 9.18. The molecule has 0 saturated carbocycles. The van der Waals surface area contributed by atoms with Gasteiger partial charge in [-0.2, -0.15) is 4.31 Å². The molecule has 0 bridgehead atoms. The fourth-order valence-corrected chi connectivity index (χ4v) is 10.3. The summed E-state index contributed by atoms with van der Waals surface area (Å²) in [5, 5.41) is 3.32. The Hall–Kier alpha value is -2.97. The van der Waals surface area contributed by atoms with E-state index in [1.165, 1.54) is 12.8 Å². The monoisotopic (exact) mass is 862 g/mol. The van der Waals surface area contributed by atoms with Crippen LogP contribution >= 0.6 is 10.7 Å². The van der Waals surface area contributed by atoms with Gasteiger partial charge in [0.05, 0.1) is 9.79 Å². The quantitative estimate of drug-likeness (QED) is 0.180. The number of piperazine rings is 2. The summed E-state index contributed by atoms with van der Waals surface area (Å²) in [5.74, 6) is 2.00. The molecule has 3 saturated heterocycles. The van der Waals surface area contributed by atoms with Gasteiger partial charge in [0.2, 0.25) is 10.0 Å². The van der Waals surface area contributed by atoms with Crippen molar-refractivity contribution in [1.29, 1.82) is 0 Å². The molecule has 11 nitrogen and oxygen atoms in total. The number of anilines is 2. The van der Waals surface area contributed by atoms with Gasteiger partial charge in [0.1, 0.15) is 11.6 Å². The number of pyridine rings is 2.